The summed E-state index contributed by atoms with van der Waals surface area (Å²) >= 11 is 0. The van der Waals surface area contributed by atoms with E-state index in [0.29, 0.717) is 12.8 Å². The molecule has 2 amide bonds. The molecule has 0 aromatic heterocycles. The summed E-state index contributed by atoms with van der Waals surface area (Å²) in [6.45, 7) is 1.61. The van der Waals surface area contributed by atoms with Gasteiger partial charge in [-0.15, -0.1) is 0 Å². The van der Waals surface area contributed by atoms with E-state index < -0.39 is 0 Å². The van der Waals surface area contributed by atoms with Gasteiger partial charge in [0.25, 0.3) is 0 Å². The molecule has 146 valence electrons. The van der Waals surface area contributed by atoms with Gasteiger partial charge < -0.3 is 9.80 Å². The van der Waals surface area contributed by atoms with Crippen molar-refractivity contribution in [3.63, 3.8) is 0 Å². The van der Waals surface area contributed by atoms with E-state index in [1.165, 1.54) is 11.1 Å². The highest BCUT2D eigenvalue weighted by molar-refractivity contribution is 5.95. The van der Waals surface area contributed by atoms with E-state index in [9.17, 15) is 9.59 Å². The quantitative estimate of drug-likeness (QED) is 0.721. The van der Waals surface area contributed by atoms with Gasteiger partial charge in [0.05, 0.1) is 0 Å². The minimum atomic E-state index is 0.183. The van der Waals surface area contributed by atoms with Gasteiger partial charge in [0.2, 0.25) is 11.8 Å². The van der Waals surface area contributed by atoms with E-state index in [4.69, 9.17) is 0 Å². The van der Waals surface area contributed by atoms with E-state index >= 15 is 0 Å². The summed E-state index contributed by atoms with van der Waals surface area (Å²) in [5.74, 6) is 0.367. The number of hydrogen-bond acceptors (Lipinski definition) is 2. The van der Waals surface area contributed by atoms with Crippen LogP contribution in [0.2, 0.25) is 0 Å². The molecule has 2 aromatic rings. The lowest BCUT2D eigenvalue weighted by atomic mass is 10.0. The van der Waals surface area contributed by atoms with Crippen molar-refractivity contribution in [2.75, 3.05) is 22.9 Å². The number of amides is 2. The van der Waals surface area contributed by atoms with Gasteiger partial charge in [-0.05, 0) is 61.8 Å². The smallest absolute Gasteiger partial charge is 0.226 e. The van der Waals surface area contributed by atoms with Crippen LogP contribution in [0.25, 0.3) is 0 Å². The van der Waals surface area contributed by atoms with Gasteiger partial charge >= 0.3 is 0 Å². The number of benzene rings is 2. The molecule has 0 radical (unpaired) electrons. The third-order valence-corrected chi connectivity index (χ3v) is 5.85. The molecule has 4 nitrogen and oxygen atoms in total. The molecule has 2 aromatic carbocycles. The molecular weight excluding hydrogens is 348 g/mol. The number of hydrogen-bond donors (Lipinski definition) is 0. The Hall–Kier alpha value is -2.62. The number of carbonyl (C=O) groups excluding carboxylic acids is 2. The largest absolute Gasteiger partial charge is 0.312 e. The predicted octanol–water partition coefficient (Wildman–Crippen LogP) is 4.51. The second-order valence-corrected chi connectivity index (χ2v) is 7.76. The van der Waals surface area contributed by atoms with Gasteiger partial charge in [0.15, 0.2) is 0 Å². The highest BCUT2D eigenvalue weighted by Gasteiger charge is 2.23. The zero-order chi connectivity index (χ0) is 19.3. The van der Waals surface area contributed by atoms with Crippen molar-refractivity contribution in [2.24, 2.45) is 0 Å². The van der Waals surface area contributed by atoms with E-state index in [2.05, 4.69) is 12.1 Å². The van der Waals surface area contributed by atoms with Crippen LogP contribution in [0.3, 0.4) is 0 Å². The number of para-hydroxylation sites is 2. The van der Waals surface area contributed by atoms with Crippen molar-refractivity contribution in [1.82, 2.24) is 0 Å². The number of aryl methyl sites for hydroxylation is 2. The van der Waals surface area contributed by atoms with Crippen LogP contribution in [0, 0.1) is 0 Å². The lowest BCUT2D eigenvalue weighted by Gasteiger charge is -2.30. The first-order valence-corrected chi connectivity index (χ1v) is 10.5. The third kappa shape index (κ3) is 3.96. The number of carbonyl (C=O) groups is 2. The van der Waals surface area contributed by atoms with Crippen molar-refractivity contribution >= 4 is 23.2 Å². The predicted molar refractivity (Wildman–Crippen MR) is 113 cm³/mol. The zero-order valence-corrected chi connectivity index (χ0v) is 16.4. The van der Waals surface area contributed by atoms with Crippen molar-refractivity contribution in [3.8, 4) is 0 Å². The van der Waals surface area contributed by atoms with Gasteiger partial charge in [-0.1, -0.05) is 36.4 Å². The monoisotopic (exact) mass is 376 g/mol. The number of anilines is 2. The molecule has 4 heteroatoms. The van der Waals surface area contributed by atoms with Crippen LogP contribution in [0.15, 0.2) is 48.5 Å². The van der Waals surface area contributed by atoms with Crippen LogP contribution in [0.4, 0.5) is 11.4 Å². The highest BCUT2D eigenvalue weighted by Crippen LogP contribution is 2.29. The van der Waals surface area contributed by atoms with Crippen molar-refractivity contribution in [3.05, 3.63) is 59.7 Å². The maximum atomic E-state index is 12.7. The van der Waals surface area contributed by atoms with Gasteiger partial charge in [0, 0.05) is 37.3 Å². The topological polar surface area (TPSA) is 40.6 Å². The molecule has 2 heterocycles. The van der Waals surface area contributed by atoms with Crippen LogP contribution in [0.5, 0.6) is 0 Å². The van der Waals surface area contributed by atoms with Crippen molar-refractivity contribution in [1.29, 1.82) is 0 Å². The molecule has 0 saturated heterocycles. The van der Waals surface area contributed by atoms with Gasteiger partial charge in [-0.2, -0.15) is 0 Å². The van der Waals surface area contributed by atoms with E-state index in [1.807, 2.05) is 46.2 Å². The fraction of sp³-hybridized carbons (Fsp3) is 0.417. The van der Waals surface area contributed by atoms with Crippen LogP contribution in [0.1, 0.15) is 49.7 Å². The Morgan fingerprint density at radius 1 is 0.679 bits per heavy atom. The molecule has 2 aliphatic rings. The Kier molecular flexibility index (Phi) is 5.75. The summed E-state index contributed by atoms with van der Waals surface area (Å²) in [5, 5.41) is 0. The molecule has 2 aliphatic heterocycles. The first-order valence-electron chi connectivity index (χ1n) is 10.5. The van der Waals surface area contributed by atoms with E-state index in [-0.39, 0.29) is 11.8 Å². The van der Waals surface area contributed by atoms with E-state index in [1.54, 1.807) is 0 Å². The minimum absolute atomic E-state index is 0.183. The maximum absolute atomic E-state index is 12.7. The number of fused-ring (bicyclic) bond motifs is 2. The summed E-state index contributed by atoms with van der Waals surface area (Å²) in [4.78, 5) is 29.3. The lowest BCUT2D eigenvalue weighted by Crippen LogP contribution is -2.36. The first-order chi connectivity index (χ1) is 13.7. The average Bonchev–Trinajstić information content (AvgIpc) is 2.75. The average molecular weight is 377 g/mol. The fourth-order valence-electron chi connectivity index (χ4n) is 4.41. The summed E-state index contributed by atoms with van der Waals surface area (Å²) < 4.78 is 0. The van der Waals surface area contributed by atoms with Crippen LogP contribution in [-0.2, 0) is 22.4 Å². The van der Waals surface area contributed by atoms with Crippen LogP contribution < -0.4 is 9.80 Å². The second kappa shape index (κ2) is 8.59. The number of rotatable bonds is 5. The molecule has 0 fully saturated rings. The molecule has 0 unspecified atom stereocenters. The minimum Gasteiger partial charge on any atom is -0.312 e. The Bertz CT molecular complexity index is 790. The highest BCUT2D eigenvalue weighted by atomic mass is 16.2. The van der Waals surface area contributed by atoms with E-state index in [0.717, 1.165) is 63.0 Å². The van der Waals surface area contributed by atoms with Crippen molar-refractivity contribution < 1.29 is 9.59 Å². The van der Waals surface area contributed by atoms with Gasteiger partial charge in [0.1, 0.15) is 0 Å². The normalized spacial score (nSPS) is 15.7. The molecule has 28 heavy (non-hydrogen) atoms. The molecular formula is C24H28N2O2. The fourth-order valence-corrected chi connectivity index (χ4v) is 4.41. The number of unbranched alkanes of at least 4 members (excludes halogenated alkanes) is 1. The molecule has 4 rings (SSSR count). The van der Waals surface area contributed by atoms with Gasteiger partial charge in [-0.3, -0.25) is 9.59 Å². The molecule has 0 saturated carbocycles. The summed E-state index contributed by atoms with van der Waals surface area (Å²) in [6.07, 6.45) is 6.69. The Balaban J connectivity index is 1.28. The molecule has 0 bridgehead atoms. The Labute approximate surface area is 167 Å². The molecule has 0 atom stereocenters. The SMILES string of the molecule is O=C(CCCCC(=O)N1CCCc2ccccc21)N1CCCc2ccccc21. The molecule has 0 aliphatic carbocycles. The lowest BCUT2D eigenvalue weighted by molar-refractivity contribution is -0.120. The summed E-state index contributed by atoms with van der Waals surface area (Å²) in [6, 6.07) is 16.4. The second-order valence-electron chi connectivity index (χ2n) is 7.76. The summed E-state index contributed by atoms with van der Waals surface area (Å²) in [7, 11) is 0. The first kappa shape index (κ1) is 18.7. The summed E-state index contributed by atoms with van der Waals surface area (Å²) in [5.41, 5.74) is 4.67. The zero-order valence-electron chi connectivity index (χ0n) is 16.4. The Morgan fingerprint density at radius 2 is 1.11 bits per heavy atom. The maximum Gasteiger partial charge on any atom is 0.226 e. The molecule has 0 N–H and O–H groups in total. The molecule has 0 spiro atoms. The Morgan fingerprint density at radius 3 is 1.57 bits per heavy atom. The van der Waals surface area contributed by atoms with Gasteiger partial charge in [-0.25, -0.2) is 0 Å². The standard InChI is InChI=1S/C24H28N2O2/c27-23(25-17-7-11-19-9-1-3-13-21(19)25)15-5-6-16-24(28)26-18-8-12-20-10-2-4-14-22(20)26/h1-4,9-10,13-14H,5-8,11-12,15-18H2. The third-order valence-electron chi connectivity index (χ3n) is 5.85. The van der Waals surface area contributed by atoms with Crippen LogP contribution >= 0.6 is 0 Å². The van der Waals surface area contributed by atoms with Crippen LogP contribution in [-0.4, -0.2) is 24.9 Å². The van der Waals surface area contributed by atoms with Crippen molar-refractivity contribution in [2.45, 2.75) is 51.4 Å². The number of nitrogens with zero attached hydrogens (tertiary/aromatic N) is 2.